The van der Waals surface area contributed by atoms with Crippen molar-refractivity contribution in [2.45, 2.75) is 44.9 Å². The molecule has 9 heteroatoms. The van der Waals surface area contributed by atoms with Crippen molar-refractivity contribution < 1.29 is 25.9 Å². The normalized spacial score (nSPS) is 14.6. The van der Waals surface area contributed by atoms with Crippen molar-refractivity contribution in [3.05, 3.63) is 0 Å². The summed E-state index contributed by atoms with van der Waals surface area (Å²) in [5.74, 6) is -0.438. The van der Waals surface area contributed by atoms with Crippen molar-refractivity contribution in [2.24, 2.45) is 0 Å². The molecule has 0 aliphatic rings. The van der Waals surface area contributed by atoms with Crippen LogP contribution in [0.5, 0.6) is 0 Å². The van der Waals surface area contributed by atoms with E-state index in [0.29, 0.717) is 6.42 Å². The summed E-state index contributed by atoms with van der Waals surface area (Å²) in [4.78, 5) is 0. The minimum Gasteiger partial charge on any atom is -0.308 e. The zero-order valence-corrected chi connectivity index (χ0v) is 13.9. The van der Waals surface area contributed by atoms with E-state index in [2.05, 4.69) is 40.6 Å². The van der Waals surface area contributed by atoms with E-state index < -0.39 is 37.5 Å². The maximum atomic E-state index is 13.2. The molecule has 0 unspecified atom stereocenters. The quantitative estimate of drug-likeness (QED) is 0.422. The van der Waals surface area contributed by atoms with Crippen LogP contribution in [-0.4, -0.2) is 46.2 Å². The van der Waals surface area contributed by atoms with Crippen LogP contribution < -0.4 is 5.32 Å². The van der Waals surface area contributed by atoms with Crippen molar-refractivity contribution in [1.29, 1.82) is 0 Å². The topological polar surface area (TPSA) is 75.6 Å². The number of hydrogen-bond acceptors (Lipinski definition) is 4. The fourth-order valence-corrected chi connectivity index (χ4v) is 2.03. The molecule has 118 valence electrons. The maximum Gasteiger partial charge on any atom is 0.397 e. The molecule has 0 aliphatic heterocycles. The van der Waals surface area contributed by atoms with Gasteiger partial charge < -0.3 is 5.32 Å². The van der Waals surface area contributed by atoms with Gasteiger partial charge in [-0.2, -0.15) is 8.42 Å². The summed E-state index contributed by atoms with van der Waals surface area (Å²) in [7, 11) is -6.32. The van der Waals surface area contributed by atoms with E-state index in [9.17, 15) is 17.2 Å². The van der Waals surface area contributed by atoms with Gasteiger partial charge in [-0.1, -0.05) is 19.6 Å². The molecule has 0 aromatic carbocycles. The molecule has 0 fully saturated rings. The summed E-state index contributed by atoms with van der Waals surface area (Å²) in [6.07, 6.45) is 0.430. The highest BCUT2D eigenvalue weighted by Gasteiger charge is 2.31. The molecule has 20 heavy (non-hydrogen) atoms. The van der Waals surface area contributed by atoms with Crippen LogP contribution in [0.1, 0.15) is 13.3 Å². The van der Waals surface area contributed by atoms with Gasteiger partial charge in [0.1, 0.15) is 14.7 Å². The van der Waals surface area contributed by atoms with Crippen molar-refractivity contribution in [3.8, 4) is 11.5 Å². The summed E-state index contributed by atoms with van der Waals surface area (Å²) in [5, 5.41) is 2.55. The molecule has 0 amide bonds. The van der Waals surface area contributed by atoms with E-state index >= 15 is 0 Å². The lowest BCUT2D eigenvalue weighted by molar-refractivity contribution is -0.0414. The number of nitrogens with one attached hydrogen (secondary N) is 1. The van der Waals surface area contributed by atoms with Crippen molar-refractivity contribution in [2.75, 3.05) is 13.2 Å². The fourth-order valence-electron chi connectivity index (χ4n) is 1.08. The first-order chi connectivity index (χ1) is 8.81. The van der Waals surface area contributed by atoms with Gasteiger partial charge in [-0.3, -0.25) is 4.55 Å². The first kappa shape index (κ1) is 19.5. The van der Waals surface area contributed by atoms with Gasteiger partial charge in [0.2, 0.25) is 0 Å². The van der Waals surface area contributed by atoms with Crippen LogP contribution >= 0.6 is 0 Å². The molecule has 5 nitrogen and oxygen atoms in total. The summed E-state index contributed by atoms with van der Waals surface area (Å²) >= 11 is 0. The fraction of sp³-hybridized carbons (Fsp3) is 0.818. The second kappa shape index (κ2) is 7.47. The molecular formula is C11H21F2NO4SSi. The van der Waals surface area contributed by atoms with Gasteiger partial charge in [-0.15, -0.1) is 11.5 Å². The van der Waals surface area contributed by atoms with Crippen molar-refractivity contribution in [1.82, 2.24) is 5.32 Å². The number of hydrogen-bond donors (Lipinski definition) is 2. The van der Waals surface area contributed by atoms with Crippen LogP contribution in [-0.2, 0) is 14.6 Å². The maximum absolute atomic E-state index is 13.2. The summed E-state index contributed by atoms with van der Waals surface area (Å²) in [5.41, 5.74) is 3.12. The molecule has 2 N–H and O–H groups in total. The number of halogens is 2. The standard InChI is InChI=1S/C11H21F2NO4SSi/c1-10(6-5-7-20(2,3)4)14-8-11(12,13)9-18-19(15,16)17/h10,14H,6,8-9H2,1-4H3,(H,15,16,17)/t10-/m1/s1. The molecule has 0 aliphatic carbocycles. The first-order valence-corrected chi connectivity index (χ1v) is 10.9. The average Bonchev–Trinajstić information content (AvgIpc) is 2.21. The third kappa shape index (κ3) is 12.5. The SMILES string of the molecule is C[C@H](CC#C[Si](C)(C)C)NCC(F)(F)COS(=O)(=O)O. The molecule has 0 saturated heterocycles. The van der Waals surface area contributed by atoms with Crippen LogP contribution in [0.25, 0.3) is 0 Å². The molecule has 0 rings (SSSR count). The Balaban J connectivity index is 4.15. The molecule has 0 saturated carbocycles. The highest BCUT2D eigenvalue weighted by Crippen LogP contribution is 2.14. The second-order valence-corrected chi connectivity index (χ2v) is 11.4. The summed E-state index contributed by atoms with van der Waals surface area (Å²) in [6, 6.07) is -0.254. The Morgan fingerprint density at radius 1 is 1.40 bits per heavy atom. The van der Waals surface area contributed by atoms with Crippen LogP contribution in [0.4, 0.5) is 8.78 Å². The first-order valence-electron chi connectivity index (χ1n) is 6.04. The Kier molecular flexibility index (Phi) is 7.27. The Bertz CT molecular complexity index is 465. The van der Waals surface area contributed by atoms with Gasteiger partial charge in [0, 0.05) is 12.5 Å². The smallest absolute Gasteiger partial charge is 0.308 e. The zero-order chi connectivity index (χ0) is 16.0. The summed E-state index contributed by atoms with van der Waals surface area (Å²) < 4.78 is 58.8. The Hall–Kier alpha value is -0.533. The molecule has 0 bridgehead atoms. The highest BCUT2D eigenvalue weighted by molar-refractivity contribution is 7.80. The second-order valence-electron chi connectivity index (χ2n) is 5.58. The molecular weight excluding hydrogens is 308 g/mol. The third-order valence-corrected chi connectivity index (χ3v) is 3.34. The molecule has 0 aromatic rings. The highest BCUT2D eigenvalue weighted by atomic mass is 32.3. The van der Waals surface area contributed by atoms with E-state index in [1.54, 1.807) is 6.92 Å². The average molecular weight is 329 g/mol. The van der Waals surface area contributed by atoms with Crippen LogP contribution in [0.3, 0.4) is 0 Å². The largest absolute Gasteiger partial charge is 0.397 e. The van der Waals surface area contributed by atoms with E-state index in [1.165, 1.54) is 0 Å². The molecule has 0 radical (unpaired) electrons. The lowest BCUT2D eigenvalue weighted by Crippen LogP contribution is -2.41. The number of alkyl halides is 2. The third-order valence-electron chi connectivity index (χ3n) is 2.00. The van der Waals surface area contributed by atoms with Gasteiger partial charge >= 0.3 is 10.4 Å². The van der Waals surface area contributed by atoms with E-state index in [-0.39, 0.29) is 6.04 Å². The molecule has 0 heterocycles. The van der Waals surface area contributed by atoms with Gasteiger partial charge in [0.05, 0.1) is 6.54 Å². The minimum atomic E-state index is -4.85. The predicted molar refractivity (Wildman–Crippen MR) is 75.7 cm³/mol. The van der Waals surface area contributed by atoms with Crippen molar-refractivity contribution in [3.63, 3.8) is 0 Å². The Labute approximate surface area is 120 Å². The zero-order valence-electron chi connectivity index (χ0n) is 12.0. The van der Waals surface area contributed by atoms with Gasteiger partial charge in [-0.05, 0) is 6.92 Å². The van der Waals surface area contributed by atoms with Crippen LogP contribution in [0, 0.1) is 11.5 Å². The van der Waals surface area contributed by atoms with Gasteiger partial charge in [0.25, 0.3) is 5.92 Å². The molecule has 0 aromatic heterocycles. The van der Waals surface area contributed by atoms with E-state index in [1.807, 2.05) is 0 Å². The molecule has 0 spiro atoms. The lowest BCUT2D eigenvalue weighted by atomic mass is 10.2. The Morgan fingerprint density at radius 2 is 1.95 bits per heavy atom. The van der Waals surface area contributed by atoms with Crippen molar-refractivity contribution >= 4 is 18.5 Å². The predicted octanol–water partition coefficient (Wildman–Crippen LogP) is 1.69. The number of rotatable bonds is 7. The van der Waals surface area contributed by atoms with Crippen LogP contribution in [0.15, 0.2) is 0 Å². The minimum absolute atomic E-state index is 0.254. The van der Waals surface area contributed by atoms with Gasteiger partial charge in [-0.25, -0.2) is 13.0 Å². The molecule has 1 atom stereocenters. The van der Waals surface area contributed by atoms with Crippen LogP contribution in [0.2, 0.25) is 19.6 Å². The van der Waals surface area contributed by atoms with E-state index in [0.717, 1.165) is 0 Å². The summed E-state index contributed by atoms with van der Waals surface area (Å²) in [6.45, 7) is 5.81. The Morgan fingerprint density at radius 3 is 2.40 bits per heavy atom. The van der Waals surface area contributed by atoms with E-state index in [4.69, 9.17) is 4.55 Å². The monoisotopic (exact) mass is 329 g/mol. The lowest BCUT2D eigenvalue weighted by Gasteiger charge is -2.18. The van der Waals surface area contributed by atoms with Gasteiger partial charge in [0.15, 0.2) is 0 Å².